The van der Waals surface area contributed by atoms with E-state index in [9.17, 15) is 35.5 Å². The van der Waals surface area contributed by atoms with Crippen molar-refractivity contribution in [1.82, 2.24) is 0 Å². The zero-order chi connectivity index (χ0) is 26.7. The molecule has 0 fully saturated rings. The lowest BCUT2D eigenvalue weighted by Crippen LogP contribution is -2.26. The average molecular weight is 534 g/mol. The standard InChI is InChI=1S/C22H19N3O9S2/c1-34-13-7-14(35(28,29)30)12(6-9(13)8-23)15-16-17(19(25)22(18(15)24)36(31,32)33)21(27)11-5-3-2-4-10(11)20(16)26/h2-7H,8,23-25H2,1H3,(H,28,29,30)(H,31,32,33). The second kappa shape index (κ2) is 8.39. The van der Waals surface area contributed by atoms with E-state index in [0.29, 0.717) is 0 Å². The molecule has 12 nitrogen and oxygen atoms in total. The van der Waals surface area contributed by atoms with E-state index in [0.717, 1.165) is 12.1 Å². The van der Waals surface area contributed by atoms with E-state index in [2.05, 4.69) is 0 Å². The number of anilines is 2. The molecule has 1 aliphatic carbocycles. The van der Waals surface area contributed by atoms with Crippen molar-refractivity contribution in [3.05, 3.63) is 64.2 Å². The van der Waals surface area contributed by atoms with Crippen LogP contribution in [0, 0.1) is 0 Å². The Morgan fingerprint density at radius 3 is 1.81 bits per heavy atom. The normalized spacial score (nSPS) is 13.3. The van der Waals surface area contributed by atoms with Crippen LogP contribution in [0.4, 0.5) is 11.4 Å². The fourth-order valence-corrected chi connectivity index (χ4v) is 5.75. The SMILES string of the molecule is COc1cc(S(=O)(=O)O)c(-c2c(N)c(S(=O)(=O)O)c(N)c3c2C(=O)c2ccccc2C3=O)cc1CN. The largest absolute Gasteiger partial charge is 0.496 e. The van der Waals surface area contributed by atoms with Crippen molar-refractivity contribution in [2.24, 2.45) is 5.73 Å². The van der Waals surface area contributed by atoms with Crippen LogP contribution in [0.15, 0.2) is 46.2 Å². The number of ether oxygens (including phenoxy) is 1. The van der Waals surface area contributed by atoms with Gasteiger partial charge in [-0.3, -0.25) is 18.7 Å². The molecule has 36 heavy (non-hydrogen) atoms. The molecule has 0 saturated carbocycles. The van der Waals surface area contributed by atoms with Crippen LogP contribution in [0.3, 0.4) is 0 Å². The Morgan fingerprint density at radius 1 is 0.806 bits per heavy atom. The number of nitrogens with two attached hydrogens (primary N) is 3. The Morgan fingerprint density at radius 2 is 1.33 bits per heavy atom. The molecule has 0 heterocycles. The summed E-state index contributed by atoms with van der Waals surface area (Å²) in [6.45, 7) is -0.208. The second-order valence-corrected chi connectivity index (χ2v) is 10.5. The van der Waals surface area contributed by atoms with Crippen LogP contribution < -0.4 is 21.9 Å². The summed E-state index contributed by atoms with van der Waals surface area (Å²) in [5.41, 5.74) is 14.1. The van der Waals surface area contributed by atoms with Gasteiger partial charge in [0, 0.05) is 46.0 Å². The van der Waals surface area contributed by atoms with Crippen molar-refractivity contribution < 1.29 is 40.3 Å². The number of nitrogen functional groups attached to an aromatic ring is 2. The topological polar surface area (TPSA) is 230 Å². The monoisotopic (exact) mass is 533 g/mol. The summed E-state index contributed by atoms with van der Waals surface area (Å²) in [5.74, 6) is -1.72. The first-order valence-corrected chi connectivity index (χ1v) is 12.9. The van der Waals surface area contributed by atoms with Gasteiger partial charge in [-0.1, -0.05) is 24.3 Å². The number of methoxy groups -OCH3 is 1. The maximum absolute atomic E-state index is 13.6. The van der Waals surface area contributed by atoms with E-state index >= 15 is 0 Å². The maximum Gasteiger partial charge on any atom is 0.298 e. The molecule has 0 aromatic heterocycles. The highest BCUT2D eigenvalue weighted by Crippen LogP contribution is 2.47. The van der Waals surface area contributed by atoms with Crippen LogP contribution in [0.1, 0.15) is 37.4 Å². The molecule has 0 amide bonds. The van der Waals surface area contributed by atoms with Gasteiger partial charge in [-0.25, -0.2) is 0 Å². The van der Waals surface area contributed by atoms with Crippen molar-refractivity contribution in [2.75, 3.05) is 18.6 Å². The van der Waals surface area contributed by atoms with Gasteiger partial charge in [0.25, 0.3) is 20.2 Å². The summed E-state index contributed by atoms with van der Waals surface area (Å²) in [5, 5.41) is 0. The lowest BCUT2D eigenvalue weighted by atomic mass is 9.79. The smallest absolute Gasteiger partial charge is 0.298 e. The zero-order valence-corrected chi connectivity index (χ0v) is 20.1. The molecule has 14 heteroatoms. The Kier molecular flexibility index (Phi) is 5.89. The van der Waals surface area contributed by atoms with Crippen LogP contribution in [-0.4, -0.2) is 44.6 Å². The molecule has 3 aromatic rings. The van der Waals surface area contributed by atoms with Crippen LogP contribution in [0.2, 0.25) is 0 Å². The Hall–Kier alpha value is -3.82. The minimum atomic E-state index is -5.20. The van der Waals surface area contributed by atoms with Gasteiger partial charge in [0.15, 0.2) is 11.6 Å². The van der Waals surface area contributed by atoms with Gasteiger partial charge < -0.3 is 21.9 Å². The predicted molar refractivity (Wildman–Crippen MR) is 128 cm³/mol. The number of hydrogen-bond donors (Lipinski definition) is 5. The van der Waals surface area contributed by atoms with Gasteiger partial charge in [-0.15, -0.1) is 0 Å². The Balaban J connectivity index is 2.31. The predicted octanol–water partition coefficient (Wildman–Crippen LogP) is 1.25. The molecule has 0 unspecified atom stereocenters. The van der Waals surface area contributed by atoms with E-state index in [-0.39, 0.29) is 29.0 Å². The van der Waals surface area contributed by atoms with Crippen molar-refractivity contribution in [1.29, 1.82) is 0 Å². The van der Waals surface area contributed by atoms with Gasteiger partial charge in [0.05, 0.1) is 24.0 Å². The third-order valence-corrected chi connectivity index (χ3v) is 7.66. The molecular weight excluding hydrogens is 514 g/mol. The fraction of sp³-hybridized carbons (Fsp3) is 0.0909. The van der Waals surface area contributed by atoms with Gasteiger partial charge in [0.1, 0.15) is 15.5 Å². The number of fused-ring (bicyclic) bond motifs is 2. The van der Waals surface area contributed by atoms with Crippen molar-refractivity contribution in [3.8, 4) is 16.9 Å². The molecule has 0 spiro atoms. The van der Waals surface area contributed by atoms with E-state index < -0.39 is 75.2 Å². The van der Waals surface area contributed by atoms with Crippen LogP contribution >= 0.6 is 0 Å². The highest BCUT2D eigenvalue weighted by atomic mass is 32.2. The highest BCUT2D eigenvalue weighted by molar-refractivity contribution is 7.86. The molecule has 3 aromatic carbocycles. The zero-order valence-electron chi connectivity index (χ0n) is 18.5. The number of rotatable bonds is 5. The summed E-state index contributed by atoms with van der Waals surface area (Å²) < 4.78 is 74.2. The lowest BCUT2D eigenvalue weighted by molar-refractivity contribution is 0.0980. The van der Waals surface area contributed by atoms with Gasteiger partial charge in [0.2, 0.25) is 0 Å². The quantitative estimate of drug-likeness (QED) is 0.180. The van der Waals surface area contributed by atoms with E-state index in [1.807, 2.05) is 0 Å². The van der Waals surface area contributed by atoms with E-state index in [1.165, 1.54) is 31.4 Å². The van der Waals surface area contributed by atoms with Crippen LogP contribution in [0.5, 0.6) is 5.75 Å². The van der Waals surface area contributed by atoms with Crippen molar-refractivity contribution in [3.63, 3.8) is 0 Å². The maximum atomic E-state index is 13.6. The molecule has 4 rings (SSSR count). The molecule has 0 radical (unpaired) electrons. The second-order valence-electron chi connectivity index (χ2n) is 7.80. The molecule has 0 bridgehead atoms. The molecule has 188 valence electrons. The Bertz CT molecular complexity index is 1710. The molecule has 0 saturated heterocycles. The van der Waals surface area contributed by atoms with E-state index in [4.69, 9.17) is 21.9 Å². The molecule has 0 aliphatic heterocycles. The third kappa shape index (κ3) is 3.71. The first-order chi connectivity index (χ1) is 16.7. The summed E-state index contributed by atoms with van der Waals surface area (Å²) in [4.78, 5) is 25.1. The minimum Gasteiger partial charge on any atom is -0.496 e. The van der Waals surface area contributed by atoms with Crippen LogP contribution in [0.25, 0.3) is 11.1 Å². The van der Waals surface area contributed by atoms with E-state index in [1.54, 1.807) is 0 Å². The number of carbonyl (C=O) groups excluding carboxylic acids is 2. The highest BCUT2D eigenvalue weighted by Gasteiger charge is 2.40. The van der Waals surface area contributed by atoms with Crippen LogP contribution in [-0.2, 0) is 26.8 Å². The number of hydrogen-bond acceptors (Lipinski definition) is 10. The average Bonchev–Trinajstić information content (AvgIpc) is 2.80. The van der Waals surface area contributed by atoms with Gasteiger partial charge in [-0.05, 0) is 6.07 Å². The van der Waals surface area contributed by atoms with Crippen molar-refractivity contribution >= 4 is 43.2 Å². The Labute approximate surface area is 205 Å². The van der Waals surface area contributed by atoms with Gasteiger partial charge >= 0.3 is 0 Å². The summed E-state index contributed by atoms with van der Waals surface area (Å²) in [6.07, 6.45) is 0. The lowest BCUT2D eigenvalue weighted by Gasteiger charge is -2.26. The number of carbonyl (C=O) groups is 2. The molecule has 0 atom stereocenters. The summed E-state index contributed by atoms with van der Waals surface area (Å²) in [7, 11) is -9.03. The van der Waals surface area contributed by atoms with Crippen molar-refractivity contribution in [2.45, 2.75) is 16.3 Å². The minimum absolute atomic E-state index is 0.0421. The number of benzene rings is 3. The molecule has 1 aliphatic rings. The first-order valence-electron chi connectivity index (χ1n) is 10.0. The fourth-order valence-electron chi connectivity index (χ4n) is 4.30. The molecular formula is C22H19N3O9S2. The molecule has 8 N–H and O–H groups in total. The number of ketones is 2. The first kappa shape index (κ1) is 25.3. The summed E-state index contributed by atoms with van der Waals surface area (Å²) >= 11 is 0. The summed E-state index contributed by atoms with van der Waals surface area (Å²) in [6, 6.07) is 7.65. The van der Waals surface area contributed by atoms with Gasteiger partial charge in [-0.2, -0.15) is 16.8 Å². The third-order valence-electron chi connectivity index (χ3n) is 5.81.